The lowest BCUT2D eigenvalue weighted by molar-refractivity contribution is -0.143. The van der Waals surface area contributed by atoms with E-state index in [1.54, 1.807) is 0 Å². The molecule has 1 rings (SSSR count). The van der Waals surface area contributed by atoms with Crippen molar-refractivity contribution in [2.24, 2.45) is 0 Å². The summed E-state index contributed by atoms with van der Waals surface area (Å²) in [5.41, 5.74) is 1.28. The number of hydrogen-bond donors (Lipinski definition) is 0. The van der Waals surface area contributed by atoms with Gasteiger partial charge in [-0.25, -0.2) is 0 Å². The maximum atomic E-state index is 11.2. The van der Waals surface area contributed by atoms with Gasteiger partial charge in [0.05, 0.1) is 13.2 Å². The van der Waals surface area contributed by atoms with E-state index >= 15 is 0 Å². The molecule has 3 heteroatoms. The lowest BCUT2D eigenvalue weighted by Gasteiger charge is -2.15. The first-order valence-electron chi connectivity index (χ1n) is 8.06. The van der Waals surface area contributed by atoms with Crippen LogP contribution in [-0.2, 0) is 9.53 Å². The standard InChI is InChI=1S/C18H28O3/c1-4-15(3)16-11-8-9-12-17(16)21-14-10-6-7-13-18(19)20-5-2/h8-9,11-12,15H,4-7,10,13-14H2,1-3H3. The highest BCUT2D eigenvalue weighted by Crippen LogP contribution is 2.28. The van der Waals surface area contributed by atoms with Gasteiger partial charge in [-0.1, -0.05) is 32.0 Å². The number of carbonyl (C=O) groups excluding carboxylic acids is 1. The van der Waals surface area contributed by atoms with Crippen LogP contribution in [0, 0.1) is 0 Å². The Morgan fingerprint density at radius 1 is 1.14 bits per heavy atom. The van der Waals surface area contributed by atoms with E-state index < -0.39 is 0 Å². The van der Waals surface area contributed by atoms with E-state index in [0.29, 0.717) is 25.6 Å². The van der Waals surface area contributed by atoms with Crippen LogP contribution >= 0.6 is 0 Å². The Kier molecular flexibility index (Phi) is 8.56. The van der Waals surface area contributed by atoms with E-state index in [0.717, 1.165) is 31.4 Å². The van der Waals surface area contributed by atoms with Gasteiger partial charge in [0.15, 0.2) is 0 Å². The van der Waals surface area contributed by atoms with Crippen LogP contribution in [-0.4, -0.2) is 19.2 Å². The second-order valence-corrected chi connectivity index (χ2v) is 5.31. The van der Waals surface area contributed by atoms with E-state index in [1.165, 1.54) is 5.56 Å². The Bertz CT molecular complexity index is 415. The van der Waals surface area contributed by atoms with Crippen LogP contribution in [0.5, 0.6) is 5.75 Å². The van der Waals surface area contributed by atoms with Crippen LogP contribution in [0.3, 0.4) is 0 Å². The fourth-order valence-electron chi connectivity index (χ4n) is 2.20. The molecule has 0 spiro atoms. The zero-order valence-electron chi connectivity index (χ0n) is 13.6. The molecule has 1 aromatic carbocycles. The second-order valence-electron chi connectivity index (χ2n) is 5.31. The molecular weight excluding hydrogens is 264 g/mol. The molecular formula is C18H28O3. The summed E-state index contributed by atoms with van der Waals surface area (Å²) in [6, 6.07) is 8.26. The van der Waals surface area contributed by atoms with Gasteiger partial charge in [0.25, 0.3) is 0 Å². The van der Waals surface area contributed by atoms with Crippen molar-refractivity contribution in [3.8, 4) is 5.75 Å². The summed E-state index contributed by atoms with van der Waals surface area (Å²) >= 11 is 0. The van der Waals surface area contributed by atoms with E-state index in [9.17, 15) is 4.79 Å². The third kappa shape index (κ3) is 6.65. The van der Waals surface area contributed by atoms with E-state index in [1.807, 2.05) is 19.1 Å². The van der Waals surface area contributed by atoms with Crippen molar-refractivity contribution < 1.29 is 14.3 Å². The number of benzene rings is 1. The molecule has 0 N–H and O–H groups in total. The zero-order valence-corrected chi connectivity index (χ0v) is 13.6. The van der Waals surface area contributed by atoms with Gasteiger partial charge in [-0.2, -0.15) is 0 Å². The van der Waals surface area contributed by atoms with Crippen molar-refractivity contribution in [2.75, 3.05) is 13.2 Å². The predicted octanol–water partition coefficient (Wildman–Crippen LogP) is 4.70. The Morgan fingerprint density at radius 3 is 2.62 bits per heavy atom. The summed E-state index contributed by atoms with van der Waals surface area (Å²) in [5, 5.41) is 0. The number of esters is 1. The summed E-state index contributed by atoms with van der Waals surface area (Å²) in [4.78, 5) is 11.2. The summed E-state index contributed by atoms with van der Waals surface area (Å²) in [6.07, 6.45) is 4.45. The summed E-state index contributed by atoms with van der Waals surface area (Å²) in [7, 11) is 0. The molecule has 0 amide bonds. The van der Waals surface area contributed by atoms with Gasteiger partial charge < -0.3 is 9.47 Å². The van der Waals surface area contributed by atoms with E-state index in [-0.39, 0.29) is 5.97 Å². The molecule has 3 nitrogen and oxygen atoms in total. The fraction of sp³-hybridized carbons (Fsp3) is 0.611. The second kappa shape index (κ2) is 10.3. The van der Waals surface area contributed by atoms with Gasteiger partial charge in [-0.15, -0.1) is 0 Å². The average molecular weight is 292 g/mol. The Labute approximate surface area is 128 Å². The molecule has 118 valence electrons. The number of unbranched alkanes of at least 4 members (excludes halogenated alkanes) is 2. The monoisotopic (exact) mass is 292 g/mol. The first kappa shape index (κ1) is 17.5. The van der Waals surface area contributed by atoms with Crippen LogP contribution in [0.1, 0.15) is 64.4 Å². The highest BCUT2D eigenvalue weighted by Gasteiger charge is 2.09. The molecule has 0 radical (unpaired) electrons. The van der Waals surface area contributed by atoms with Crippen molar-refractivity contribution in [1.29, 1.82) is 0 Å². The van der Waals surface area contributed by atoms with Crippen molar-refractivity contribution >= 4 is 5.97 Å². The SMILES string of the molecule is CCOC(=O)CCCCCOc1ccccc1C(C)CC. The van der Waals surface area contributed by atoms with Crippen LogP contribution in [0.25, 0.3) is 0 Å². The summed E-state index contributed by atoms with van der Waals surface area (Å²) in [6.45, 7) is 7.42. The number of hydrogen-bond acceptors (Lipinski definition) is 3. The minimum Gasteiger partial charge on any atom is -0.493 e. The molecule has 0 aliphatic heterocycles. The van der Waals surface area contributed by atoms with Gasteiger partial charge in [0.1, 0.15) is 5.75 Å². The summed E-state index contributed by atoms with van der Waals surface area (Å²) in [5.74, 6) is 1.42. The molecule has 0 aliphatic rings. The molecule has 0 aromatic heterocycles. The van der Waals surface area contributed by atoms with Crippen molar-refractivity contribution in [3.05, 3.63) is 29.8 Å². The Morgan fingerprint density at radius 2 is 1.90 bits per heavy atom. The number of ether oxygens (including phenoxy) is 2. The molecule has 21 heavy (non-hydrogen) atoms. The average Bonchev–Trinajstić information content (AvgIpc) is 2.50. The quantitative estimate of drug-likeness (QED) is 0.463. The zero-order chi connectivity index (χ0) is 15.5. The maximum Gasteiger partial charge on any atom is 0.305 e. The largest absolute Gasteiger partial charge is 0.493 e. The first-order valence-corrected chi connectivity index (χ1v) is 8.06. The number of rotatable bonds is 10. The normalized spacial score (nSPS) is 12.0. The van der Waals surface area contributed by atoms with Crippen molar-refractivity contribution in [1.82, 2.24) is 0 Å². The minimum atomic E-state index is -0.0967. The third-order valence-corrected chi connectivity index (χ3v) is 3.65. The minimum absolute atomic E-state index is 0.0967. The van der Waals surface area contributed by atoms with Crippen molar-refractivity contribution in [2.45, 2.75) is 58.8 Å². The maximum absolute atomic E-state index is 11.2. The Hall–Kier alpha value is -1.51. The number of para-hydroxylation sites is 1. The Balaban J connectivity index is 2.25. The van der Waals surface area contributed by atoms with Gasteiger partial charge in [-0.3, -0.25) is 4.79 Å². The fourth-order valence-corrected chi connectivity index (χ4v) is 2.20. The van der Waals surface area contributed by atoms with Gasteiger partial charge >= 0.3 is 5.97 Å². The molecule has 0 fully saturated rings. The van der Waals surface area contributed by atoms with E-state index in [4.69, 9.17) is 9.47 Å². The predicted molar refractivity (Wildman–Crippen MR) is 85.7 cm³/mol. The van der Waals surface area contributed by atoms with Gasteiger partial charge in [0.2, 0.25) is 0 Å². The van der Waals surface area contributed by atoms with Crippen LogP contribution in [0.4, 0.5) is 0 Å². The highest BCUT2D eigenvalue weighted by molar-refractivity contribution is 5.69. The number of carbonyl (C=O) groups is 1. The smallest absolute Gasteiger partial charge is 0.305 e. The topological polar surface area (TPSA) is 35.5 Å². The lowest BCUT2D eigenvalue weighted by Crippen LogP contribution is -2.05. The van der Waals surface area contributed by atoms with Crippen molar-refractivity contribution in [3.63, 3.8) is 0 Å². The first-order chi connectivity index (χ1) is 10.2. The molecule has 0 bridgehead atoms. The highest BCUT2D eigenvalue weighted by atomic mass is 16.5. The molecule has 0 saturated carbocycles. The lowest BCUT2D eigenvalue weighted by atomic mass is 9.98. The molecule has 1 atom stereocenters. The molecule has 1 unspecified atom stereocenters. The van der Waals surface area contributed by atoms with Crippen LogP contribution in [0.15, 0.2) is 24.3 Å². The van der Waals surface area contributed by atoms with Crippen LogP contribution < -0.4 is 4.74 Å². The summed E-state index contributed by atoms with van der Waals surface area (Å²) < 4.78 is 10.8. The molecule has 0 aliphatic carbocycles. The molecule has 0 heterocycles. The third-order valence-electron chi connectivity index (χ3n) is 3.65. The van der Waals surface area contributed by atoms with Crippen LogP contribution in [0.2, 0.25) is 0 Å². The van der Waals surface area contributed by atoms with E-state index in [2.05, 4.69) is 26.0 Å². The van der Waals surface area contributed by atoms with Gasteiger partial charge in [0, 0.05) is 6.42 Å². The van der Waals surface area contributed by atoms with Gasteiger partial charge in [-0.05, 0) is 50.2 Å². The molecule has 1 aromatic rings. The molecule has 0 saturated heterocycles.